The summed E-state index contributed by atoms with van der Waals surface area (Å²) in [7, 11) is 0. The number of hydrogen-bond acceptors (Lipinski definition) is 2. The molecule has 0 radical (unpaired) electrons. The van der Waals surface area contributed by atoms with Crippen molar-refractivity contribution in [3.8, 4) is 0 Å². The molecular weight excluding hydrogens is 255 g/mol. The lowest BCUT2D eigenvalue weighted by atomic mass is 10.2. The van der Waals surface area contributed by atoms with Gasteiger partial charge in [0.1, 0.15) is 0 Å². The van der Waals surface area contributed by atoms with Gasteiger partial charge in [-0.05, 0) is 17.5 Å². The molecule has 66 valence electrons. The van der Waals surface area contributed by atoms with E-state index in [1.807, 2.05) is 0 Å². The van der Waals surface area contributed by atoms with Crippen LogP contribution in [-0.4, -0.2) is 6.29 Å². The molecule has 0 unspecified atom stereocenters. The van der Waals surface area contributed by atoms with E-state index in [1.165, 1.54) is 6.07 Å². The van der Waals surface area contributed by atoms with Gasteiger partial charge in [-0.2, -0.15) is 4.39 Å². The van der Waals surface area contributed by atoms with Gasteiger partial charge in [0.2, 0.25) is 0 Å². The molecule has 0 bridgehead atoms. The molecule has 0 saturated carbocycles. The lowest BCUT2D eigenvalue weighted by Crippen LogP contribution is -1.80. The Morgan fingerprint density at radius 1 is 1.46 bits per heavy atom. The quantitative estimate of drug-likeness (QED) is 0.715. The number of aldehydes is 1. The van der Waals surface area contributed by atoms with Crippen LogP contribution in [0.4, 0.5) is 4.39 Å². The van der Waals surface area contributed by atoms with E-state index in [9.17, 15) is 9.18 Å². The molecule has 0 N–H and O–H groups in total. The summed E-state index contributed by atoms with van der Waals surface area (Å²) < 4.78 is 14.3. The van der Waals surface area contributed by atoms with Crippen molar-refractivity contribution in [2.45, 2.75) is 0 Å². The summed E-state index contributed by atoms with van der Waals surface area (Å²) in [5, 5.41) is 0.504. The van der Waals surface area contributed by atoms with Gasteiger partial charge in [-0.1, -0.05) is 22.0 Å². The minimum Gasteiger partial charge on any atom is -0.298 e. The average molecular weight is 259 g/mol. The lowest BCUT2D eigenvalue weighted by molar-refractivity contribution is 0.112. The van der Waals surface area contributed by atoms with Crippen LogP contribution in [0.3, 0.4) is 0 Å². The maximum absolute atomic E-state index is 12.9. The number of halogens is 2. The number of carbonyl (C=O) groups is 1. The minimum atomic E-state index is -0.267. The summed E-state index contributed by atoms with van der Waals surface area (Å²) in [5.74, 6) is 0. The van der Waals surface area contributed by atoms with Gasteiger partial charge in [0.05, 0.1) is 0 Å². The Kier molecular flexibility index (Phi) is 2.17. The van der Waals surface area contributed by atoms with Crippen LogP contribution in [-0.2, 0) is 0 Å². The molecule has 2 rings (SSSR count). The monoisotopic (exact) mass is 258 g/mol. The van der Waals surface area contributed by atoms with E-state index in [2.05, 4.69) is 15.9 Å². The Balaban J connectivity index is 2.90. The Hall–Kier alpha value is -0.740. The average Bonchev–Trinajstić information content (AvgIpc) is 2.45. The van der Waals surface area contributed by atoms with Crippen LogP contribution >= 0.6 is 27.3 Å². The molecule has 1 aromatic carbocycles. The third-order valence-corrected chi connectivity index (χ3v) is 3.42. The Labute approximate surface area is 86.3 Å². The standard InChI is InChI=1S/C9H4BrFOS/c10-7-2-1-5-3-8(11)13-9(5)6(7)4-12/h1-4H. The highest BCUT2D eigenvalue weighted by Crippen LogP contribution is 2.31. The van der Waals surface area contributed by atoms with Crippen molar-refractivity contribution in [3.63, 3.8) is 0 Å². The predicted octanol–water partition coefficient (Wildman–Crippen LogP) is 3.62. The molecule has 1 aromatic heterocycles. The third kappa shape index (κ3) is 1.40. The van der Waals surface area contributed by atoms with E-state index in [0.29, 0.717) is 14.7 Å². The Morgan fingerprint density at radius 2 is 2.23 bits per heavy atom. The lowest BCUT2D eigenvalue weighted by Gasteiger charge is -1.96. The molecule has 0 atom stereocenters. The van der Waals surface area contributed by atoms with Crippen LogP contribution in [0.5, 0.6) is 0 Å². The van der Waals surface area contributed by atoms with Crippen molar-refractivity contribution in [2.75, 3.05) is 0 Å². The molecule has 0 aliphatic rings. The summed E-state index contributed by atoms with van der Waals surface area (Å²) in [6.07, 6.45) is 0.738. The molecule has 1 heterocycles. The van der Waals surface area contributed by atoms with Gasteiger partial charge in [-0.25, -0.2) is 0 Å². The number of hydrogen-bond donors (Lipinski definition) is 0. The molecule has 13 heavy (non-hydrogen) atoms. The predicted molar refractivity (Wildman–Crippen MR) is 54.9 cm³/mol. The first kappa shape index (κ1) is 8.84. The second-order valence-corrected chi connectivity index (χ2v) is 4.40. The highest BCUT2D eigenvalue weighted by molar-refractivity contribution is 9.10. The number of fused-ring (bicyclic) bond motifs is 1. The fourth-order valence-corrected chi connectivity index (χ4v) is 2.63. The highest BCUT2D eigenvalue weighted by atomic mass is 79.9. The molecule has 0 saturated heterocycles. The van der Waals surface area contributed by atoms with E-state index in [0.717, 1.165) is 23.0 Å². The van der Waals surface area contributed by atoms with Crippen molar-refractivity contribution >= 4 is 43.6 Å². The van der Waals surface area contributed by atoms with Crippen molar-refractivity contribution in [3.05, 3.63) is 33.4 Å². The maximum atomic E-state index is 12.9. The number of benzene rings is 1. The topological polar surface area (TPSA) is 17.1 Å². The first-order chi connectivity index (χ1) is 6.22. The molecule has 4 heteroatoms. The largest absolute Gasteiger partial charge is 0.298 e. The normalized spacial score (nSPS) is 10.6. The zero-order valence-corrected chi connectivity index (χ0v) is 8.78. The molecule has 0 fully saturated rings. The van der Waals surface area contributed by atoms with Gasteiger partial charge in [0.25, 0.3) is 0 Å². The van der Waals surface area contributed by atoms with Gasteiger partial charge in [-0.15, -0.1) is 11.3 Å². The van der Waals surface area contributed by atoms with Gasteiger partial charge in [-0.3, -0.25) is 4.79 Å². The third-order valence-electron chi connectivity index (χ3n) is 1.76. The molecule has 0 spiro atoms. The van der Waals surface area contributed by atoms with Crippen molar-refractivity contribution in [1.82, 2.24) is 0 Å². The SMILES string of the molecule is O=Cc1c(Br)ccc2cc(F)sc12. The van der Waals surface area contributed by atoms with Crippen LogP contribution in [0.15, 0.2) is 22.7 Å². The van der Waals surface area contributed by atoms with Crippen molar-refractivity contribution in [1.29, 1.82) is 0 Å². The van der Waals surface area contributed by atoms with E-state index in [1.54, 1.807) is 12.1 Å². The van der Waals surface area contributed by atoms with Crippen LogP contribution in [0.25, 0.3) is 10.1 Å². The summed E-state index contributed by atoms with van der Waals surface area (Å²) in [6.45, 7) is 0. The van der Waals surface area contributed by atoms with Crippen molar-refractivity contribution in [2.24, 2.45) is 0 Å². The first-order valence-corrected chi connectivity index (χ1v) is 5.16. The molecule has 1 nitrogen and oxygen atoms in total. The van der Waals surface area contributed by atoms with E-state index in [-0.39, 0.29) is 5.13 Å². The fourth-order valence-electron chi connectivity index (χ4n) is 1.18. The van der Waals surface area contributed by atoms with Crippen LogP contribution in [0, 0.1) is 5.13 Å². The van der Waals surface area contributed by atoms with Gasteiger partial charge < -0.3 is 0 Å². The first-order valence-electron chi connectivity index (χ1n) is 3.55. The molecule has 0 amide bonds. The molecule has 2 aromatic rings. The van der Waals surface area contributed by atoms with Gasteiger partial charge in [0, 0.05) is 14.7 Å². The summed E-state index contributed by atoms with van der Waals surface area (Å²) >= 11 is 4.23. The molecule has 0 aliphatic carbocycles. The zero-order chi connectivity index (χ0) is 9.42. The fraction of sp³-hybridized carbons (Fsp3) is 0. The Bertz CT molecular complexity index is 478. The van der Waals surface area contributed by atoms with Gasteiger partial charge in [0.15, 0.2) is 11.4 Å². The minimum absolute atomic E-state index is 0.267. The van der Waals surface area contributed by atoms with E-state index < -0.39 is 0 Å². The number of carbonyl (C=O) groups excluding carboxylic acids is 1. The van der Waals surface area contributed by atoms with Crippen LogP contribution < -0.4 is 0 Å². The number of rotatable bonds is 1. The molecular formula is C9H4BrFOS. The number of thiophene rings is 1. The van der Waals surface area contributed by atoms with Crippen molar-refractivity contribution < 1.29 is 9.18 Å². The molecule has 0 aliphatic heterocycles. The van der Waals surface area contributed by atoms with Crippen LogP contribution in [0.1, 0.15) is 10.4 Å². The second kappa shape index (κ2) is 3.20. The maximum Gasteiger partial charge on any atom is 0.177 e. The summed E-state index contributed by atoms with van der Waals surface area (Å²) in [4.78, 5) is 10.7. The Morgan fingerprint density at radius 3 is 2.92 bits per heavy atom. The van der Waals surface area contributed by atoms with Crippen LogP contribution in [0.2, 0.25) is 0 Å². The van der Waals surface area contributed by atoms with E-state index in [4.69, 9.17) is 0 Å². The zero-order valence-electron chi connectivity index (χ0n) is 6.38. The second-order valence-electron chi connectivity index (χ2n) is 2.55. The summed E-state index contributed by atoms with van der Waals surface area (Å²) in [5.41, 5.74) is 0.520. The highest BCUT2D eigenvalue weighted by Gasteiger charge is 2.08. The van der Waals surface area contributed by atoms with Gasteiger partial charge >= 0.3 is 0 Å². The summed E-state index contributed by atoms with van der Waals surface area (Å²) in [6, 6.07) is 4.96. The smallest absolute Gasteiger partial charge is 0.177 e. The van der Waals surface area contributed by atoms with E-state index >= 15 is 0 Å².